The molecule has 27 heavy (non-hydrogen) atoms. The van der Waals surface area contributed by atoms with Gasteiger partial charge in [0.05, 0.1) is 5.41 Å². The van der Waals surface area contributed by atoms with Crippen molar-refractivity contribution in [2.75, 3.05) is 0 Å². The van der Waals surface area contributed by atoms with Crippen LogP contribution in [0.2, 0.25) is 0 Å². The van der Waals surface area contributed by atoms with Crippen molar-refractivity contribution in [3.63, 3.8) is 0 Å². The first-order valence-electron chi connectivity index (χ1n) is 10.9. The summed E-state index contributed by atoms with van der Waals surface area (Å²) >= 11 is 0. The van der Waals surface area contributed by atoms with E-state index in [1.165, 1.54) is 32.1 Å². The molecule has 0 aromatic rings. The molecule has 4 saturated carbocycles. The molecule has 4 fully saturated rings. The van der Waals surface area contributed by atoms with Gasteiger partial charge in [-0.25, -0.2) is 4.79 Å². The van der Waals surface area contributed by atoms with E-state index in [0.717, 1.165) is 17.8 Å². The van der Waals surface area contributed by atoms with Gasteiger partial charge in [-0.05, 0) is 96.8 Å². The minimum absolute atomic E-state index is 0.0594. The Kier molecular flexibility index (Phi) is 5.18. The molecule has 4 aliphatic rings. The maximum Gasteiger partial charge on any atom is 0.347 e. The molecule has 0 radical (unpaired) electrons. The molecule has 0 aliphatic heterocycles. The average Bonchev–Trinajstić information content (AvgIpc) is 2.57. The number of ether oxygens (including phenoxy) is 2. The molecular formula is C23H38O4. The molecule has 0 aromatic carbocycles. The van der Waals surface area contributed by atoms with Gasteiger partial charge in [0.15, 0.2) is 6.10 Å². The second-order valence-corrected chi connectivity index (χ2v) is 10.8. The fourth-order valence-electron chi connectivity index (χ4n) is 6.28. The first kappa shape index (κ1) is 20.7. The van der Waals surface area contributed by atoms with Crippen LogP contribution in [0.3, 0.4) is 0 Å². The highest BCUT2D eigenvalue weighted by Crippen LogP contribution is 2.66. The van der Waals surface area contributed by atoms with Gasteiger partial charge in [-0.3, -0.25) is 4.79 Å². The van der Waals surface area contributed by atoms with Crippen LogP contribution in [0.25, 0.3) is 0 Å². The Labute approximate surface area is 164 Å². The molecule has 0 amide bonds. The third-order valence-electron chi connectivity index (χ3n) is 8.43. The maximum absolute atomic E-state index is 12.8. The first-order valence-corrected chi connectivity index (χ1v) is 10.9. The van der Waals surface area contributed by atoms with Crippen LogP contribution in [-0.4, -0.2) is 23.6 Å². The van der Waals surface area contributed by atoms with E-state index >= 15 is 0 Å². The topological polar surface area (TPSA) is 52.6 Å². The molecule has 4 unspecified atom stereocenters. The zero-order chi connectivity index (χ0) is 20.2. The Morgan fingerprint density at radius 3 is 2.15 bits per heavy atom. The molecule has 0 spiro atoms. The van der Waals surface area contributed by atoms with Gasteiger partial charge in [-0.2, -0.15) is 0 Å². The molecule has 4 aliphatic carbocycles. The van der Waals surface area contributed by atoms with Gasteiger partial charge in [-0.15, -0.1) is 0 Å². The molecule has 0 saturated heterocycles. The van der Waals surface area contributed by atoms with Gasteiger partial charge < -0.3 is 9.47 Å². The minimum atomic E-state index is -0.869. The monoisotopic (exact) mass is 378 g/mol. The molecule has 4 atom stereocenters. The van der Waals surface area contributed by atoms with E-state index in [-0.39, 0.29) is 11.4 Å². The van der Waals surface area contributed by atoms with Crippen LogP contribution in [0.1, 0.15) is 87.0 Å². The summed E-state index contributed by atoms with van der Waals surface area (Å²) in [5, 5.41) is 0. The number of carbonyl (C=O) groups excluding carboxylic acids is 2. The Balaban J connectivity index is 1.70. The smallest absolute Gasteiger partial charge is 0.347 e. The van der Waals surface area contributed by atoms with Crippen molar-refractivity contribution in [2.45, 2.75) is 98.7 Å². The fraction of sp³-hybridized carbons (Fsp3) is 0.913. The van der Waals surface area contributed by atoms with Crippen LogP contribution < -0.4 is 0 Å². The van der Waals surface area contributed by atoms with Gasteiger partial charge in [0, 0.05) is 5.41 Å². The molecule has 0 heterocycles. The lowest BCUT2D eigenvalue weighted by atomic mass is 9.42. The first-order chi connectivity index (χ1) is 12.4. The van der Waals surface area contributed by atoms with Gasteiger partial charge in [0.25, 0.3) is 0 Å². The van der Waals surface area contributed by atoms with Gasteiger partial charge in [-0.1, -0.05) is 13.8 Å². The number of rotatable bonds is 6. The highest BCUT2D eigenvalue weighted by atomic mass is 16.6. The average molecular weight is 379 g/mol. The van der Waals surface area contributed by atoms with Crippen LogP contribution in [-0.2, 0) is 19.1 Å². The van der Waals surface area contributed by atoms with Crippen molar-refractivity contribution in [2.24, 2.45) is 34.5 Å². The summed E-state index contributed by atoms with van der Waals surface area (Å²) in [5.41, 5.74) is -1.07. The lowest BCUT2D eigenvalue weighted by Gasteiger charge is -2.65. The van der Waals surface area contributed by atoms with Gasteiger partial charge >= 0.3 is 11.9 Å². The zero-order valence-electron chi connectivity index (χ0n) is 18.3. The summed E-state index contributed by atoms with van der Waals surface area (Å²) in [5.74, 6) is 2.17. The van der Waals surface area contributed by atoms with E-state index in [1.807, 2.05) is 20.8 Å². The minimum Gasteiger partial charge on any atom is -0.456 e. The van der Waals surface area contributed by atoms with Crippen LogP contribution in [0.15, 0.2) is 0 Å². The standard InChI is InChI=1S/C23H38O4/c1-8-21(4,5)20(25)26-15(3)19(24)27-22(6,7)23-12-16-9-17(13-23)11-18(10-16)14(23)2/h14-18H,8-13H2,1-7H3. The molecular weight excluding hydrogens is 340 g/mol. The van der Waals surface area contributed by atoms with Crippen molar-refractivity contribution in [1.29, 1.82) is 0 Å². The summed E-state index contributed by atoms with van der Waals surface area (Å²) in [6, 6.07) is 0. The van der Waals surface area contributed by atoms with Crippen molar-refractivity contribution in [3.05, 3.63) is 0 Å². The lowest BCUT2D eigenvalue weighted by Crippen LogP contribution is -2.62. The third-order valence-corrected chi connectivity index (χ3v) is 8.43. The molecule has 4 rings (SSSR count). The molecule has 4 nitrogen and oxygen atoms in total. The largest absolute Gasteiger partial charge is 0.456 e. The summed E-state index contributed by atoms with van der Waals surface area (Å²) in [4.78, 5) is 25.1. The Morgan fingerprint density at radius 2 is 1.63 bits per heavy atom. The van der Waals surface area contributed by atoms with Crippen molar-refractivity contribution in [3.8, 4) is 0 Å². The molecule has 0 aromatic heterocycles. The SMILES string of the molecule is CCC(C)(C)C(=O)OC(C)C(=O)OC(C)(C)C12CC3CC(CC(C3)C1C)C2. The Bertz CT molecular complexity index is 591. The predicted octanol–water partition coefficient (Wildman–Crippen LogP) is 5.14. The molecule has 154 valence electrons. The van der Waals surface area contributed by atoms with E-state index in [0.29, 0.717) is 12.3 Å². The number of hydrogen-bond acceptors (Lipinski definition) is 4. The van der Waals surface area contributed by atoms with Crippen LogP contribution in [0.4, 0.5) is 0 Å². The van der Waals surface area contributed by atoms with Gasteiger partial charge in [0.1, 0.15) is 5.60 Å². The summed E-state index contributed by atoms with van der Waals surface area (Å²) in [7, 11) is 0. The van der Waals surface area contributed by atoms with Gasteiger partial charge in [0.2, 0.25) is 0 Å². The van der Waals surface area contributed by atoms with Crippen molar-refractivity contribution in [1.82, 2.24) is 0 Å². The third kappa shape index (κ3) is 3.42. The van der Waals surface area contributed by atoms with E-state index in [1.54, 1.807) is 6.92 Å². The molecule has 0 N–H and O–H groups in total. The number of hydrogen-bond donors (Lipinski definition) is 0. The van der Waals surface area contributed by atoms with Crippen LogP contribution >= 0.6 is 0 Å². The second kappa shape index (κ2) is 6.77. The lowest BCUT2D eigenvalue weighted by molar-refractivity contribution is -0.224. The Morgan fingerprint density at radius 1 is 1.07 bits per heavy atom. The summed E-state index contributed by atoms with van der Waals surface area (Å²) < 4.78 is 11.5. The molecule has 4 heteroatoms. The van der Waals surface area contributed by atoms with Crippen molar-refractivity contribution >= 4 is 11.9 Å². The van der Waals surface area contributed by atoms with E-state index in [4.69, 9.17) is 9.47 Å². The van der Waals surface area contributed by atoms with Crippen LogP contribution in [0.5, 0.6) is 0 Å². The number of esters is 2. The molecule has 4 bridgehead atoms. The summed E-state index contributed by atoms with van der Waals surface area (Å²) in [6.45, 7) is 13.8. The Hall–Kier alpha value is -1.06. The van der Waals surface area contributed by atoms with E-state index in [9.17, 15) is 9.59 Å². The fourth-order valence-corrected chi connectivity index (χ4v) is 6.28. The normalized spacial score (nSPS) is 36.4. The zero-order valence-corrected chi connectivity index (χ0v) is 18.3. The van der Waals surface area contributed by atoms with E-state index in [2.05, 4.69) is 20.8 Å². The second-order valence-electron chi connectivity index (χ2n) is 10.8. The highest BCUT2D eigenvalue weighted by Gasteiger charge is 2.62. The van der Waals surface area contributed by atoms with Crippen LogP contribution in [0, 0.1) is 34.5 Å². The maximum atomic E-state index is 12.8. The highest BCUT2D eigenvalue weighted by molar-refractivity contribution is 5.81. The summed E-state index contributed by atoms with van der Waals surface area (Å²) in [6.07, 6.45) is 6.19. The quantitative estimate of drug-likeness (QED) is 0.601. The number of carbonyl (C=O) groups is 2. The van der Waals surface area contributed by atoms with Crippen molar-refractivity contribution < 1.29 is 19.1 Å². The van der Waals surface area contributed by atoms with E-state index < -0.39 is 23.1 Å². The predicted molar refractivity (Wildman–Crippen MR) is 105 cm³/mol.